The molecule has 0 atom stereocenters. The quantitative estimate of drug-likeness (QED) is 0.193. The van der Waals surface area contributed by atoms with Crippen LogP contribution in [0.25, 0.3) is 0 Å². The predicted molar refractivity (Wildman–Crippen MR) is 99.2 cm³/mol. The molecule has 0 N–H and O–H groups in total. The number of rotatable bonds is 10. The van der Waals surface area contributed by atoms with Crippen LogP contribution in [-0.4, -0.2) is 59.5 Å². The van der Waals surface area contributed by atoms with E-state index in [2.05, 4.69) is 27.9 Å². The number of hydrogen-bond acceptors (Lipinski definition) is 4. The molecule has 0 aliphatic rings. The van der Waals surface area contributed by atoms with Crippen molar-refractivity contribution in [1.82, 2.24) is 0 Å². The number of quaternary nitrogens is 1. The van der Waals surface area contributed by atoms with Crippen LogP contribution in [0.5, 0.6) is 0 Å². The Balaban J connectivity index is 0. The van der Waals surface area contributed by atoms with Gasteiger partial charge in [-0.05, 0) is 19.3 Å². The van der Waals surface area contributed by atoms with Crippen LogP contribution in [0.1, 0.15) is 52.4 Å². The summed E-state index contributed by atoms with van der Waals surface area (Å²) in [5.41, 5.74) is -12.0. The van der Waals surface area contributed by atoms with Gasteiger partial charge in [0.05, 0.1) is 27.2 Å². The van der Waals surface area contributed by atoms with Crippen molar-refractivity contribution in [2.45, 2.75) is 63.4 Å². The zero-order valence-corrected chi connectivity index (χ0v) is 19.0. The Kier molecular flexibility index (Phi) is 12.8. The number of hydrogen-bond donors (Lipinski definition) is 0. The van der Waals surface area contributed by atoms with E-state index in [1.165, 1.54) is 56.1 Å². The minimum atomic E-state index is -6.32. The number of nitrogens with zero attached hydrogens (tertiary/aromatic N) is 1. The first-order valence-corrected chi connectivity index (χ1v) is 14.0. The highest BCUT2D eigenvalue weighted by Crippen LogP contribution is 2.46. The molecule has 0 bridgehead atoms. The standard InChI is InChI=1S/C12H28N.C2HF6O4PS2/c1-5-7-8-9-10-12-13(3,4)11-6-2;3-1(4,5)14(9,10)13-15(11,12)2(6,7)8/h5-12H2,1-4H3;13H/q+1;. The van der Waals surface area contributed by atoms with E-state index in [0.29, 0.717) is 0 Å². The lowest BCUT2D eigenvalue weighted by Crippen LogP contribution is -2.40. The Labute approximate surface area is 164 Å². The third-order valence-electron chi connectivity index (χ3n) is 3.52. The van der Waals surface area contributed by atoms with Gasteiger partial charge in [-0.15, -0.1) is 0 Å². The fourth-order valence-corrected chi connectivity index (χ4v) is 8.31. The molecule has 0 fully saturated rings. The molecule has 0 aromatic carbocycles. The Morgan fingerprint density at radius 2 is 1.07 bits per heavy atom. The van der Waals surface area contributed by atoms with E-state index in [4.69, 9.17) is 0 Å². The molecule has 0 heterocycles. The summed E-state index contributed by atoms with van der Waals surface area (Å²) in [5.74, 6) is 0. The molecule has 0 aromatic heterocycles. The highest BCUT2D eigenvalue weighted by Gasteiger charge is 2.55. The van der Waals surface area contributed by atoms with Crippen molar-refractivity contribution in [3.8, 4) is 0 Å². The van der Waals surface area contributed by atoms with Crippen molar-refractivity contribution in [2.24, 2.45) is 0 Å². The van der Waals surface area contributed by atoms with E-state index in [0.717, 1.165) is 0 Å². The van der Waals surface area contributed by atoms with Crippen molar-refractivity contribution in [3.63, 3.8) is 0 Å². The zero-order chi connectivity index (χ0) is 22.9. The summed E-state index contributed by atoms with van der Waals surface area (Å²) in [7, 11) is -7.94. The van der Waals surface area contributed by atoms with Crippen molar-refractivity contribution >= 4 is 25.9 Å². The first-order chi connectivity index (χ1) is 12.3. The Bertz CT molecular complexity index is 604. The van der Waals surface area contributed by atoms with Crippen molar-refractivity contribution in [2.75, 3.05) is 27.2 Å². The topological polar surface area (TPSA) is 68.3 Å². The Morgan fingerprint density at radius 1 is 0.679 bits per heavy atom. The first-order valence-electron chi connectivity index (χ1n) is 8.56. The lowest BCUT2D eigenvalue weighted by Gasteiger charge is -2.29. The normalized spacial score (nSPS) is 13.8. The van der Waals surface area contributed by atoms with Gasteiger partial charge in [-0.3, -0.25) is 0 Å². The molecule has 0 amide bonds. The van der Waals surface area contributed by atoms with Crippen molar-refractivity contribution in [3.05, 3.63) is 0 Å². The maximum Gasteiger partial charge on any atom is 0.501 e. The summed E-state index contributed by atoms with van der Waals surface area (Å²) < 4.78 is 111. The molecule has 5 nitrogen and oxygen atoms in total. The fraction of sp³-hybridized carbons (Fsp3) is 1.00. The number of unbranched alkanes of at least 4 members (excludes halogenated alkanes) is 4. The summed E-state index contributed by atoms with van der Waals surface area (Å²) in [4.78, 5) is 0. The van der Waals surface area contributed by atoms with Crippen molar-refractivity contribution < 1.29 is 47.7 Å². The maximum absolute atomic E-state index is 11.5. The predicted octanol–water partition coefficient (Wildman–Crippen LogP) is 4.81. The van der Waals surface area contributed by atoms with Crippen LogP contribution in [-0.2, 0) is 18.9 Å². The third-order valence-corrected chi connectivity index (χ3v) is 11.8. The maximum atomic E-state index is 11.5. The van der Waals surface area contributed by atoms with Crippen LogP contribution < -0.4 is 0 Å². The molecule has 0 saturated carbocycles. The first kappa shape index (κ1) is 30.1. The van der Waals surface area contributed by atoms with Crippen LogP contribution in [0.4, 0.5) is 26.3 Å². The Morgan fingerprint density at radius 3 is 1.39 bits per heavy atom. The van der Waals surface area contributed by atoms with E-state index in [1.807, 2.05) is 0 Å². The van der Waals surface area contributed by atoms with Crippen LogP contribution in [0, 0.1) is 0 Å². The fourth-order valence-electron chi connectivity index (χ4n) is 2.10. The van der Waals surface area contributed by atoms with Crippen LogP contribution in [0.15, 0.2) is 0 Å². The largest absolute Gasteiger partial charge is 0.501 e. The molecule has 0 unspecified atom stereocenters. The third kappa shape index (κ3) is 12.4. The van der Waals surface area contributed by atoms with Gasteiger partial charge >= 0.3 is 11.0 Å². The Hall–Kier alpha value is -0.130. The van der Waals surface area contributed by atoms with Crippen LogP contribution in [0.3, 0.4) is 0 Å². The minimum Gasteiger partial charge on any atom is -0.328 e. The molecule has 0 aromatic rings. The molecular formula is C14H29F6NO4PS2+. The SMILES string of the molecule is CCCCCCC[N+](C)(C)CCC.O=S(=O)(PS(=O)(=O)C(F)(F)F)C(F)(F)F. The van der Waals surface area contributed by atoms with E-state index < -0.39 is 36.9 Å². The van der Waals surface area contributed by atoms with Crippen molar-refractivity contribution in [1.29, 1.82) is 0 Å². The second-order valence-electron chi connectivity index (χ2n) is 6.78. The summed E-state index contributed by atoms with van der Waals surface area (Å²) >= 11 is 0. The molecule has 14 heteroatoms. The van der Waals surface area contributed by atoms with Gasteiger partial charge < -0.3 is 4.48 Å². The van der Waals surface area contributed by atoms with Gasteiger partial charge in [-0.25, -0.2) is 16.8 Å². The second kappa shape index (κ2) is 11.9. The van der Waals surface area contributed by atoms with Crippen LogP contribution in [0.2, 0.25) is 0 Å². The molecule has 28 heavy (non-hydrogen) atoms. The minimum absolute atomic E-state index is 1.21. The molecular weight excluding hydrogens is 455 g/mol. The molecule has 172 valence electrons. The zero-order valence-electron chi connectivity index (χ0n) is 16.3. The highest BCUT2D eigenvalue weighted by atomic mass is 33.1. The van der Waals surface area contributed by atoms with Gasteiger partial charge in [0.15, 0.2) is 0 Å². The monoisotopic (exact) mass is 484 g/mol. The molecule has 0 aliphatic carbocycles. The lowest BCUT2D eigenvalue weighted by atomic mass is 10.1. The van der Waals surface area contributed by atoms with E-state index >= 15 is 0 Å². The van der Waals surface area contributed by atoms with Gasteiger partial charge in [0.25, 0.3) is 18.9 Å². The van der Waals surface area contributed by atoms with E-state index in [1.54, 1.807) is 0 Å². The molecule has 0 rings (SSSR count). The average molecular weight is 484 g/mol. The van der Waals surface area contributed by atoms with Gasteiger partial charge in [0, 0.05) is 0 Å². The van der Waals surface area contributed by atoms with Gasteiger partial charge in [0.2, 0.25) is 0 Å². The number of alkyl halides is 6. The van der Waals surface area contributed by atoms with Gasteiger partial charge in [-0.2, -0.15) is 26.3 Å². The molecule has 0 aliphatic heterocycles. The highest BCUT2D eigenvalue weighted by molar-refractivity contribution is 8.76. The smallest absolute Gasteiger partial charge is 0.328 e. The lowest BCUT2D eigenvalue weighted by molar-refractivity contribution is -0.890. The summed E-state index contributed by atoms with van der Waals surface area (Å²) in [6.07, 6.45) is 8.35. The van der Waals surface area contributed by atoms with Crippen LogP contribution >= 0.6 is 6.98 Å². The summed E-state index contributed by atoms with van der Waals surface area (Å²) in [6, 6.07) is 0. The summed E-state index contributed by atoms with van der Waals surface area (Å²) in [5, 5.41) is 0. The van der Waals surface area contributed by atoms with E-state index in [-0.39, 0.29) is 0 Å². The van der Waals surface area contributed by atoms with E-state index in [9.17, 15) is 43.2 Å². The summed E-state index contributed by atoms with van der Waals surface area (Å²) in [6.45, 7) is 3.92. The average Bonchev–Trinajstić information content (AvgIpc) is 2.44. The second-order valence-corrected chi connectivity index (χ2v) is 15.1. The number of halogens is 6. The molecule has 0 spiro atoms. The van der Waals surface area contributed by atoms with Gasteiger partial charge in [-0.1, -0.05) is 33.1 Å². The molecule has 0 radical (unpaired) electrons. The van der Waals surface area contributed by atoms with Gasteiger partial charge in [0.1, 0.15) is 6.98 Å². The molecule has 0 saturated heterocycles.